The number of rotatable bonds is 3. The van der Waals surface area contributed by atoms with E-state index in [0.717, 1.165) is 23.3 Å². The number of benzene rings is 2. The van der Waals surface area contributed by atoms with Crippen molar-refractivity contribution in [2.75, 3.05) is 13.2 Å². The van der Waals surface area contributed by atoms with Crippen LogP contribution in [0, 0.1) is 0 Å². The van der Waals surface area contributed by atoms with Gasteiger partial charge in [0.1, 0.15) is 6.61 Å². The second-order valence-electron chi connectivity index (χ2n) is 7.60. The summed E-state index contributed by atoms with van der Waals surface area (Å²) in [6.07, 6.45) is -8.23. The van der Waals surface area contributed by atoms with Crippen LogP contribution in [-0.4, -0.2) is 23.0 Å². The maximum absolute atomic E-state index is 13.2. The number of aromatic nitrogens is 1. The van der Waals surface area contributed by atoms with Gasteiger partial charge in [-0.25, -0.2) is 4.98 Å². The van der Waals surface area contributed by atoms with Crippen LogP contribution < -0.4 is 4.74 Å². The van der Waals surface area contributed by atoms with E-state index < -0.39 is 23.5 Å². The van der Waals surface area contributed by atoms with E-state index in [1.807, 2.05) is 12.1 Å². The molecule has 0 radical (unpaired) electrons. The van der Waals surface area contributed by atoms with Crippen molar-refractivity contribution in [2.45, 2.75) is 25.4 Å². The average Bonchev–Trinajstić information content (AvgIpc) is 2.94. The van der Waals surface area contributed by atoms with E-state index in [4.69, 9.17) is 16.3 Å². The number of ether oxygens (including phenoxy) is 1. The van der Waals surface area contributed by atoms with Crippen LogP contribution in [0.15, 0.2) is 54.7 Å². The molecule has 3 aromatic rings. The molecule has 3 nitrogen and oxygen atoms in total. The van der Waals surface area contributed by atoms with Gasteiger partial charge in [0.15, 0.2) is 0 Å². The van der Waals surface area contributed by atoms with Crippen molar-refractivity contribution in [3.63, 3.8) is 0 Å². The maximum atomic E-state index is 13.2. The Morgan fingerprint density at radius 1 is 0.909 bits per heavy atom. The third-order valence-corrected chi connectivity index (χ3v) is 5.59. The summed E-state index contributed by atoms with van der Waals surface area (Å²) in [5.41, 5.74) is -0.649. The number of nitrogens with zero attached hydrogens (tertiary/aromatic N) is 2. The van der Waals surface area contributed by atoms with E-state index in [-0.39, 0.29) is 37.9 Å². The van der Waals surface area contributed by atoms with Crippen LogP contribution >= 0.6 is 11.6 Å². The molecule has 0 amide bonds. The Balaban J connectivity index is 1.70. The summed E-state index contributed by atoms with van der Waals surface area (Å²) < 4.78 is 85.1. The van der Waals surface area contributed by atoms with Gasteiger partial charge >= 0.3 is 12.4 Å². The molecule has 0 N–H and O–H groups in total. The first-order valence-corrected chi connectivity index (χ1v) is 10.3. The first kappa shape index (κ1) is 23.4. The summed E-state index contributed by atoms with van der Waals surface area (Å²) in [6, 6.07) is 10.5. The summed E-state index contributed by atoms with van der Waals surface area (Å²) in [5.74, 6) is 0.356. The fourth-order valence-electron chi connectivity index (χ4n) is 3.76. The lowest BCUT2D eigenvalue weighted by Gasteiger charge is -2.22. The Hall–Kier alpha value is -2.78. The number of hydrogen-bond donors (Lipinski definition) is 0. The summed E-state index contributed by atoms with van der Waals surface area (Å²) >= 11 is 6.34. The quantitative estimate of drug-likeness (QED) is 0.379. The van der Waals surface area contributed by atoms with E-state index in [2.05, 4.69) is 4.98 Å². The molecular weight excluding hydrogens is 470 g/mol. The SMILES string of the molecule is FC(F)(F)c1cc(CN2CCOc3nccc(-c4ccccc4Cl)c3C2)cc(C(F)(F)F)c1. The molecule has 0 aliphatic carbocycles. The molecule has 0 atom stereocenters. The lowest BCUT2D eigenvalue weighted by atomic mass is 10.0. The highest BCUT2D eigenvalue weighted by atomic mass is 35.5. The minimum absolute atomic E-state index is 0.0937. The van der Waals surface area contributed by atoms with Gasteiger partial charge in [0.05, 0.1) is 11.1 Å². The third-order valence-electron chi connectivity index (χ3n) is 5.26. The molecule has 0 bridgehead atoms. The van der Waals surface area contributed by atoms with Crippen molar-refractivity contribution in [3.05, 3.63) is 82.0 Å². The Labute approximate surface area is 190 Å². The highest BCUT2D eigenvalue weighted by Crippen LogP contribution is 2.38. The molecule has 10 heteroatoms. The number of hydrogen-bond acceptors (Lipinski definition) is 3. The Morgan fingerprint density at radius 3 is 2.21 bits per heavy atom. The Morgan fingerprint density at radius 2 is 1.58 bits per heavy atom. The molecule has 33 heavy (non-hydrogen) atoms. The Kier molecular flexibility index (Phi) is 6.28. The van der Waals surface area contributed by atoms with Gasteiger partial charge in [-0.3, -0.25) is 4.90 Å². The Bertz CT molecular complexity index is 1130. The van der Waals surface area contributed by atoms with Gasteiger partial charge in [0.25, 0.3) is 0 Å². The minimum atomic E-state index is -4.90. The van der Waals surface area contributed by atoms with Crippen molar-refractivity contribution in [2.24, 2.45) is 0 Å². The molecule has 0 fully saturated rings. The minimum Gasteiger partial charge on any atom is -0.476 e. The predicted octanol–water partition coefficient (Wildman–Crippen LogP) is 6.83. The normalized spacial score (nSPS) is 15.0. The summed E-state index contributed by atoms with van der Waals surface area (Å²) in [6.45, 7) is 0.543. The topological polar surface area (TPSA) is 25.4 Å². The van der Waals surface area contributed by atoms with Crippen molar-refractivity contribution in [3.8, 4) is 17.0 Å². The van der Waals surface area contributed by atoms with Crippen molar-refractivity contribution in [1.29, 1.82) is 0 Å². The largest absolute Gasteiger partial charge is 0.476 e. The van der Waals surface area contributed by atoms with Gasteiger partial charge in [-0.1, -0.05) is 29.8 Å². The molecular formula is C23H17ClF6N2O. The molecule has 0 unspecified atom stereocenters. The molecule has 0 saturated heterocycles. The van der Waals surface area contributed by atoms with Gasteiger partial charge in [0, 0.05) is 42.0 Å². The lowest BCUT2D eigenvalue weighted by Crippen LogP contribution is -2.26. The highest BCUT2D eigenvalue weighted by molar-refractivity contribution is 6.33. The zero-order valence-electron chi connectivity index (χ0n) is 17.0. The van der Waals surface area contributed by atoms with Crippen LogP contribution in [0.3, 0.4) is 0 Å². The van der Waals surface area contributed by atoms with Crippen molar-refractivity contribution < 1.29 is 31.1 Å². The van der Waals surface area contributed by atoms with E-state index in [1.165, 1.54) is 0 Å². The lowest BCUT2D eigenvalue weighted by molar-refractivity contribution is -0.143. The van der Waals surface area contributed by atoms with Gasteiger partial charge in [-0.15, -0.1) is 0 Å². The third kappa shape index (κ3) is 5.25. The van der Waals surface area contributed by atoms with Crippen LogP contribution in [0.2, 0.25) is 5.02 Å². The highest BCUT2D eigenvalue weighted by Gasteiger charge is 2.37. The standard InChI is InChI=1S/C23H17ClF6N2O/c24-20-4-2-1-3-18(20)17-5-6-31-21-19(17)13-32(7-8-33-21)12-14-9-15(22(25,26)27)11-16(10-14)23(28,29)30/h1-6,9-11H,7-8,12-13H2. The van der Waals surface area contributed by atoms with Crippen LogP contribution in [0.4, 0.5) is 26.3 Å². The van der Waals surface area contributed by atoms with E-state index in [0.29, 0.717) is 16.5 Å². The molecule has 1 aliphatic rings. The van der Waals surface area contributed by atoms with Gasteiger partial charge < -0.3 is 4.74 Å². The fraction of sp³-hybridized carbons (Fsp3) is 0.261. The average molecular weight is 487 g/mol. The monoisotopic (exact) mass is 486 g/mol. The van der Waals surface area contributed by atoms with E-state index >= 15 is 0 Å². The van der Waals surface area contributed by atoms with Gasteiger partial charge in [-0.2, -0.15) is 26.3 Å². The molecule has 0 spiro atoms. The summed E-state index contributed by atoms with van der Waals surface area (Å²) in [5, 5.41) is 0.495. The van der Waals surface area contributed by atoms with Gasteiger partial charge in [-0.05, 0) is 41.5 Å². The number of halogens is 7. The number of pyridine rings is 1. The van der Waals surface area contributed by atoms with Gasteiger partial charge in [0.2, 0.25) is 5.88 Å². The van der Waals surface area contributed by atoms with Crippen LogP contribution in [0.1, 0.15) is 22.3 Å². The maximum Gasteiger partial charge on any atom is 0.416 e. The first-order chi connectivity index (χ1) is 15.5. The molecule has 2 aromatic carbocycles. The molecule has 1 aromatic heterocycles. The number of fused-ring (bicyclic) bond motifs is 1. The molecule has 4 rings (SSSR count). The molecule has 2 heterocycles. The van der Waals surface area contributed by atoms with Crippen LogP contribution in [0.25, 0.3) is 11.1 Å². The summed E-state index contributed by atoms with van der Waals surface area (Å²) in [4.78, 5) is 5.97. The van der Waals surface area contributed by atoms with Crippen molar-refractivity contribution >= 4 is 11.6 Å². The van der Waals surface area contributed by atoms with E-state index in [1.54, 1.807) is 29.3 Å². The fourth-order valence-corrected chi connectivity index (χ4v) is 4.00. The smallest absolute Gasteiger partial charge is 0.416 e. The predicted molar refractivity (Wildman–Crippen MR) is 111 cm³/mol. The second-order valence-corrected chi connectivity index (χ2v) is 8.00. The first-order valence-electron chi connectivity index (χ1n) is 9.88. The zero-order chi connectivity index (χ0) is 23.8. The second kappa shape index (κ2) is 8.87. The van der Waals surface area contributed by atoms with Crippen molar-refractivity contribution in [1.82, 2.24) is 9.88 Å². The van der Waals surface area contributed by atoms with Crippen LogP contribution in [0.5, 0.6) is 5.88 Å². The summed E-state index contributed by atoms with van der Waals surface area (Å²) in [7, 11) is 0. The molecule has 0 saturated carbocycles. The zero-order valence-corrected chi connectivity index (χ0v) is 17.7. The van der Waals surface area contributed by atoms with E-state index in [9.17, 15) is 26.3 Å². The molecule has 1 aliphatic heterocycles. The van der Waals surface area contributed by atoms with Crippen LogP contribution in [-0.2, 0) is 25.4 Å². The number of alkyl halides is 6. The molecule has 174 valence electrons.